The molecule has 0 bridgehead atoms. The van der Waals surface area contributed by atoms with Gasteiger partial charge in [0.25, 0.3) is 0 Å². The second-order valence-corrected chi connectivity index (χ2v) is 3.32. The number of carbonyl (C=O) groups excluding carboxylic acids is 1. The van der Waals surface area contributed by atoms with Crippen molar-refractivity contribution in [1.29, 1.82) is 0 Å². The zero-order chi connectivity index (χ0) is 9.84. The lowest BCUT2D eigenvalue weighted by molar-refractivity contribution is 0.0451. The Labute approximate surface area is 79.2 Å². The van der Waals surface area contributed by atoms with Crippen molar-refractivity contribution in [3.8, 4) is 0 Å². The molecule has 1 aliphatic rings. The van der Waals surface area contributed by atoms with Gasteiger partial charge in [0, 0.05) is 12.6 Å². The van der Waals surface area contributed by atoms with E-state index in [4.69, 9.17) is 0 Å². The maximum atomic E-state index is 11.2. The smallest absolute Gasteiger partial charge is 0.409 e. The van der Waals surface area contributed by atoms with Gasteiger partial charge in [-0.25, -0.2) is 4.79 Å². The van der Waals surface area contributed by atoms with E-state index < -0.39 is 0 Å². The number of likely N-dealkylation sites (N-methyl/N-ethyl adjacent to an activating group) is 1. The van der Waals surface area contributed by atoms with E-state index in [1.807, 2.05) is 7.05 Å². The second kappa shape index (κ2) is 4.46. The number of rotatable bonds is 3. The van der Waals surface area contributed by atoms with Gasteiger partial charge in [0.05, 0.1) is 13.2 Å². The number of methoxy groups -OCH3 is 1. The average Bonchev–Trinajstić information content (AvgIpc) is 2.11. The Morgan fingerprint density at radius 1 is 1.77 bits per heavy atom. The predicted molar refractivity (Wildman–Crippen MR) is 50.7 cm³/mol. The first-order valence-corrected chi connectivity index (χ1v) is 4.76. The largest absolute Gasteiger partial charge is 0.453 e. The molecule has 2 atom stereocenters. The van der Waals surface area contributed by atoms with E-state index in [0.717, 1.165) is 19.4 Å². The molecule has 0 aliphatic carbocycles. The molecule has 4 heteroatoms. The molecule has 2 unspecified atom stereocenters. The molecular weight excluding hydrogens is 168 g/mol. The lowest BCUT2D eigenvalue weighted by Crippen LogP contribution is -2.59. The van der Waals surface area contributed by atoms with Crippen molar-refractivity contribution in [2.75, 3.05) is 20.7 Å². The van der Waals surface area contributed by atoms with Crippen LogP contribution < -0.4 is 5.32 Å². The molecule has 1 N–H and O–H groups in total. The van der Waals surface area contributed by atoms with Gasteiger partial charge < -0.3 is 15.0 Å². The van der Waals surface area contributed by atoms with Crippen LogP contribution in [-0.2, 0) is 4.74 Å². The highest BCUT2D eigenvalue weighted by atomic mass is 16.5. The molecule has 0 aromatic carbocycles. The monoisotopic (exact) mass is 186 g/mol. The third-order valence-electron chi connectivity index (χ3n) is 2.75. The number of carbonyl (C=O) groups is 1. The Balaban J connectivity index is 2.47. The van der Waals surface area contributed by atoms with Crippen molar-refractivity contribution in [3.05, 3.63) is 0 Å². The third-order valence-corrected chi connectivity index (χ3v) is 2.75. The molecule has 1 saturated heterocycles. The average molecular weight is 186 g/mol. The second-order valence-electron chi connectivity index (χ2n) is 3.32. The van der Waals surface area contributed by atoms with E-state index in [1.165, 1.54) is 7.11 Å². The molecule has 0 aromatic rings. The van der Waals surface area contributed by atoms with Crippen LogP contribution in [0.4, 0.5) is 4.79 Å². The first-order chi connectivity index (χ1) is 6.24. The van der Waals surface area contributed by atoms with Crippen molar-refractivity contribution in [3.63, 3.8) is 0 Å². The number of nitrogens with zero attached hydrogens (tertiary/aromatic N) is 1. The normalized spacial score (nSPS) is 23.6. The molecule has 4 nitrogen and oxygen atoms in total. The van der Waals surface area contributed by atoms with Crippen LogP contribution in [0.5, 0.6) is 0 Å². The van der Waals surface area contributed by atoms with E-state index in [9.17, 15) is 4.79 Å². The maximum Gasteiger partial charge on any atom is 0.409 e. The summed E-state index contributed by atoms with van der Waals surface area (Å²) in [6.45, 7) is 2.95. The molecule has 1 rings (SSSR count). The molecule has 0 radical (unpaired) electrons. The zero-order valence-electron chi connectivity index (χ0n) is 8.54. The molecule has 1 amide bonds. The highest BCUT2D eigenvalue weighted by Crippen LogP contribution is 2.22. The van der Waals surface area contributed by atoms with Crippen LogP contribution in [-0.4, -0.2) is 43.8 Å². The van der Waals surface area contributed by atoms with Crippen LogP contribution in [0.1, 0.15) is 19.8 Å². The van der Waals surface area contributed by atoms with Crippen LogP contribution in [0.3, 0.4) is 0 Å². The Bertz CT molecular complexity index is 180. The summed E-state index contributed by atoms with van der Waals surface area (Å²) in [5.74, 6) is 0. The Morgan fingerprint density at radius 2 is 2.46 bits per heavy atom. The van der Waals surface area contributed by atoms with Crippen LogP contribution >= 0.6 is 0 Å². The van der Waals surface area contributed by atoms with Gasteiger partial charge in [-0.05, 0) is 19.9 Å². The fourth-order valence-electron chi connectivity index (χ4n) is 1.84. The SMILES string of the molecule is CCC(NC)C1CCN1C(=O)OC. The molecule has 1 heterocycles. The minimum Gasteiger partial charge on any atom is -0.453 e. The van der Waals surface area contributed by atoms with Gasteiger partial charge >= 0.3 is 6.09 Å². The Hall–Kier alpha value is -0.770. The predicted octanol–water partition coefficient (Wildman–Crippen LogP) is 0.825. The molecular formula is C9H18N2O2. The lowest BCUT2D eigenvalue weighted by atomic mass is 9.94. The molecule has 0 spiro atoms. The van der Waals surface area contributed by atoms with Crippen molar-refractivity contribution in [1.82, 2.24) is 10.2 Å². The van der Waals surface area contributed by atoms with Crippen molar-refractivity contribution >= 4 is 6.09 Å². The van der Waals surface area contributed by atoms with Gasteiger partial charge in [0.1, 0.15) is 0 Å². The van der Waals surface area contributed by atoms with Gasteiger partial charge in [-0.15, -0.1) is 0 Å². The highest BCUT2D eigenvalue weighted by Gasteiger charge is 2.37. The third kappa shape index (κ3) is 1.94. The molecule has 0 saturated carbocycles. The van der Waals surface area contributed by atoms with Gasteiger partial charge in [-0.2, -0.15) is 0 Å². The van der Waals surface area contributed by atoms with Gasteiger partial charge in [-0.3, -0.25) is 0 Å². The summed E-state index contributed by atoms with van der Waals surface area (Å²) in [7, 11) is 3.36. The standard InChI is InChI=1S/C9H18N2O2/c1-4-7(10-2)8-5-6-11(8)9(12)13-3/h7-8,10H,4-6H2,1-3H3. The zero-order valence-corrected chi connectivity index (χ0v) is 8.54. The van der Waals surface area contributed by atoms with E-state index in [1.54, 1.807) is 4.90 Å². The Morgan fingerprint density at radius 3 is 2.77 bits per heavy atom. The van der Waals surface area contributed by atoms with Crippen molar-refractivity contribution in [2.45, 2.75) is 31.8 Å². The van der Waals surface area contributed by atoms with Crippen LogP contribution in [0.2, 0.25) is 0 Å². The van der Waals surface area contributed by atoms with Crippen molar-refractivity contribution in [2.24, 2.45) is 0 Å². The summed E-state index contributed by atoms with van der Waals surface area (Å²) in [6, 6.07) is 0.718. The lowest BCUT2D eigenvalue weighted by Gasteiger charge is -2.43. The number of likely N-dealkylation sites (tertiary alicyclic amines) is 1. The summed E-state index contributed by atoms with van der Waals surface area (Å²) >= 11 is 0. The summed E-state index contributed by atoms with van der Waals surface area (Å²) in [5, 5.41) is 3.21. The molecule has 1 aliphatic heterocycles. The Kier molecular flexibility index (Phi) is 3.54. The van der Waals surface area contributed by atoms with E-state index in [-0.39, 0.29) is 6.09 Å². The highest BCUT2D eigenvalue weighted by molar-refractivity contribution is 5.69. The minimum atomic E-state index is -0.204. The van der Waals surface area contributed by atoms with Crippen LogP contribution in [0.25, 0.3) is 0 Å². The summed E-state index contributed by atoms with van der Waals surface area (Å²) in [5.41, 5.74) is 0. The molecule has 13 heavy (non-hydrogen) atoms. The number of hydrogen-bond donors (Lipinski definition) is 1. The van der Waals surface area contributed by atoms with Gasteiger partial charge in [0.2, 0.25) is 0 Å². The van der Waals surface area contributed by atoms with E-state index in [2.05, 4.69) is 17.0 Å². The van der Waals surface area contributed by atoms with Crippen LogP contribution in [0.15, 0.2) is 0 Å². The maximum absolute atomic E-state index is 11.2. The van der Waals surface area contributed by atoms with E-state index in [0.29, 0.717) is 12.1 Å². The minimum absolute atomic E-state index is 0.204. The van der Waals surface area contributed by atoms with E-state index >= 15 is 0 Å². The van der Waals surface area contributed by atoms with Gasteiger partial charge in [-0.1, -0.05) is 6.92 Å². The molecule has 0 aromatic heterocycles. The molecule has 1 fully saturated rings. The summed E-state index contributed by atoms with van der Waals surface area (Å²) < 4.78 is 4.68. The van der Waals surface area contributed by atoms with Crippen molar-refractivity contribution < 1.29 is 9.53 Å². The number of hydrogen-bond acceptors (Lipinski definition) is 3. The number of amides is 1. The number of nitrogens with one attached hydrogen (secondary N) is 1. The van der Waals surface area contributed by atoms with Gasteiger partial charge in [0.15, 0.2) is 0 Å². The first-order valence-electron chi connectivity index (χ1n) is 4.76. The summed E-state index contributed by atoms with van der Waals surface area (Å²) in [6.07, 6.45) is 1.91. The fraction of sp³-hybridized carbons (Fsp3) is 0.889. The van der Waals surface area contributed by atoms with Crippen LogP contribution in [0, 0.1) is 0 Å². The topological polar surface area (TPSA) is 41.6 Å². The fourth-order valence-corrected chi connectivity index (χ4v) is 1.84. The quantitative estimate of drug-likeness (QED) is 0.709. The number of ether oxygens (including phenoxy) is 1. The first kappa shape index (κ1) is 10.3. The molecule has 76 valence electrons. The summed E-state index contributed by atoms with van der Waals surface area (Å²) in [4.78, 5) is 13.0.